The van der Waals surface area contributed by atoms with Gasteiger partial charge in [-0.25, -0.2) is 9.97 Å². The molecule has 28 heavy (non-hydrogen) atoms. The maximum Gasteiger partial charge on any atom is 0.160 e. The number of aromatic nitrogens is 2. The number of para-hydroxylation sites is 1. The van der Waals surface area contributed by atoms with Crippen LogP contribution in [0, 0.1) is 11.3 Å². The van der Waals surface area contributed by atoms with Gasteiger partial charge in [0.2, 0.25) is 0 Å². The zero-order valence-corrected chi connectivity index (χ0v) is 15.8. The zero-order valence-electron chi connectivity index (χ0n) is 15.8. The lowest BCUT2D eigenvalue weighted by atomic mass is 10.1. The van der Waals surface area contributed by atoms with Gasteiger partial charge in [0.15, 0.2) is 11.5 Å². The van der Waals surface area contributed by atoms with E-state index in [9.17, 15) is 5.26 Å². The molecular formula is C21H21N5O2. The van der Waals surface area contributed by atoms with Gasteiger partial charge >= 0.3 is 0 Å². The number of anilines is 3. The molecule has 1 aromatic heterocycles. The summed E-state index contributed by atoms with van der Waals surface area (Å²) in [5, 5.41) is 15.6. The van der Waals surface area contributed by atoms with Gasteiger partial charge in [-0.1, -0.05) is 18.2 Å². The molecule has 0 saturated heterocycles. The monoisotopic (exact) mass is 375 g/mol. The fraction of sp³-hybridized carbons (Fsp3) is 0.190. The van der Waals surface area contributed by atoms with Gasteiger partial charge in [-0.3, -0.25) is 0 Å². The van der Waals surface area contributed by atoms with Crippen LogP contribution in [0.3, 0.4) is 0 Å². The van der Waals surface area contributed by atoms with E-state index in [1.807, 2.05) is 42.5 Å². The Labute approximate surface area is 164 Å². The number of rotatable bonds is 8. The van der Waals surface area contributed by atoms with Crippen LogP contribution < -0.4 is 20.1 Å². The maximum atomic E-state index is 9.19. The van der Waals surface area contributed by atoms with E-state index in [2.05, 4.69) is 26.7 Å². The van der Waals surface area contributed by atoms with Crippen molar-refractivity contribution in [2.75, 3.05) is 31.4 Å². The van der Waals surface area contributed by atoms with Gasteiger partial charge in [0.1, 0.15) is 24.0 Å². The molecule has 0 fully saturated rings. The molecule has 7 nitrogen and oxygen atoms in total. The Bertz CT molecular complexity index is 985. The summed E-state index contributed by atoms with van der Waals surface area (Å²) in [6.07, 6.45) is 2.28. The van der Waals surface area contributed by atoms with Crippen molar-refractivity contribution in [2.24, 2.45) is 0 Å². The smallest absolute Gasteiger partial charge is 0.160 e. The third kappa shape index (κ3) is 4.68. The summed E-state index contributed by atoms with van der Waals surface area (Å²) in [6.45, 7) is 0.695. The second-order valence-electron chi connectivity index (χ2n) is 5.94. The first-order valence-electron chi connectivity index (χ1n) is 8.76. The zero-order chi connectivity index (χ0) is 19.8. The van der Waals surface area contributed by atoms with Crippen LogP contribution in [0.25, 0.3) is 0 Å². The average molecular weight is 375 g/mol. The summed E-state index contributed by atoms with van der Waals surface area (Å²) >= 11 is 0. The highest BCUT2D eigenvalue weighted by Crippen LogP contribution is 2.27. The molecule has 7 heteroatoms. The van der Waals surface area contributed by atoms with E-state index in [-0.39, 0.29) is 0 Å². The number of benzene rings is 2. The Morgan fingerprint density at radius 2 is 1.75 bits per heavy atom. The predicted octanol–water partition coefficient (Wildman–Crippen LogP) is 3.76. The first-order chi connectivity index (χ1) is 13.7. The second-order valence-corrected chi connectivity index (χ2v) is 5.94. The highest BCUT2D eigenvalue weighted by molar-refractivity contribution is 5.65. The lowest BCUT2D eigenvalue weighted by Crippen LogP contribution is -2.07. The molecule has 3 rings (SSSR count). The first-order valence-corrected chi connectivity index (χ1v) is 8.76. The molecule has 0 saturated carbocycles. The Hall–Kier alpha value is -3.79. The van der Waals surface area contributed by atoms with Crippen molar-refractivity contribution in [1.29, 1.82) is 5.26 Å². The van der Waals surface area contributed by atoms with E-state index < -0.39 is 0 Å². The van der Waals surface area contributed by atoms with Gasteiger partial charge in [0.05, 0.1) is 25.5 Å². The van der Waals surface area contributed by atoms with E-state index in [0.717, 1.165) is 12.0 Å². The molecule has 142 valence electrons. The quantitative estimate of drug-likeness (QED) is 0.619. The van der Waals surface area contributed by atoms with E-state index in [0.29, 0.717) is 40.9 Å². The molecule has 0 aliphatic heterocycles. The van der Waals surface area contributed by atoms with Gasteiger partial charge in [0.25, 0.3) is 0 Å². The van der Waals surface area contributed by atoms with Gasteiger partial charge in [-0.15, -0.1) is 0 Å². The molecule has 0 amide bonds. The number of nitrogens with one attached hydrogen (secondary N) is 2. The molecule has 0 aliphatic rings. The van der Waals surface area contributed by atoms with Gasteiger partial charge in [-0.2, -0.15) is 5.26 Å². The third-order valence-corrected chi connectivity index (χ3v) is 4.15. The summed E-state index contributed by atoms with van der Waals surface area (Å²) in [6, 6.07) is 17.1. The van der Waals surface area contributed by atoms with Crippen molar-refractivity contribution < 1.29 is 9.47 Å². The van der Waals surface area contributed by atoms with Crippen LogP contribution in [0.1, 0.15) is 11.1 Å². The van der Waals surface area contributed by atoms with Crippen molar-refractivity contribution in [1.82, 2.24) is 9.97 Å². The van der Waals surface area contributed by atoms with Crippen molar-refractivity contribution in [2.45, 2.75) is 6.42 Å². The molecule has 1 heterocycles. The van der Waals surface area contributed by atoms with Crippen molar-refractivity contribution >= 4 is 17.3 Å². The van der Waals surface area contributed by atoms with Crippen molar-refractivity contribution in [3.8, 4) is 17.6 Å². The van der Waals surface area contributed by atoms with Gasteiger partial charge in [-0.05, 0) is 36.2 Å². The third-order valence-electron chi connectivity index (χ3n) is 4.15. The molecule has 0 spiro atoms. The summed E-state index contributed by atoms with van der Waals surface area (Å²) in [7, 11) is 3.24. The molecule has 0 bridgehead atoms. The Balaban J connectivity index is 1.61. The summed E-state index contributed by atoms with van der Waals surface area (Å²) in [4.78, 5) is 8.46. The van der Waals surface area contributed by atoms with Crippen LogP contribution in [0.5, 0.6) is 11.5 Å². The van der Waals surface area contributed by atoms with Crippen LogP contribution in [-0.4, -0.2) is 30.7 Å². The van der Waals surface area contributed by atoms with Crippen LogP contribution in [-0.2, 0) is 6.42 Å². The molecule has 0 aliphatic carbocycles. The lowest BCUT2D eigenvalue weighted by molar-refractivity contribution is 0.354. The minimum absolute atomic E-state index is 0.559. The molecular weight excluding hydrogens is 354 g/mol. The molecule has 2 aromatic carbocycles. The SMILES string of the molecule is COc1ccc(CCNc2cc(Nc3ccccc3C#N)ncn2)cc1OC. The number of hydrogen-bond donors (Lipinski definition) is 2. The number of nitriles is 1. The van der Waals surface area contributed by atoms with Crippen molar-refractivity contribution in [3.05, 3.63) is 66.0 Å². The lowest BCUT2D eigenvalue weighted by Gasteiger charge is -2.11. The predicted molar refractivity (Wildman–Crippen MR) is 108 cm³/mol. The molecule has 0 atom stereocenters. The minimum Gasteiger partial charge on any atom is -0.493 e. The fourth-order valence-corrected chi connectivity index (χ4v) is 2.72. The topological polar surface area (TPSA) is 92.1 Å². The largest absolute Gasteiger partial charge is 0.493 e. The van der Waals surface area contributed by atoms with E-state index >= 15 is 0 Å². The minimum atomic E-state index is 0.559. The maximum absolute atomic E-state index is 9.19. The van der Waals surface area contributed by atoms with Crippen LogP contribution in [0.4, 0.5) is 17.3 Å². The number of ether oxygens (including phenoxy) is 2. The summed E-state index contributed by atoms with van der Waals surface area (Å²) in [5.41, 5.74) is 2.39. The molecule has 3 aromatic rings. The van der Waals surface area contributed by atoms with E-state index in [4.69, 9.17) is 9.47 Å². The summed E-state index contributed by atoms with van der Waals surface area (Å²) < 4.78 is 10.6. The number of nitrogens with zero attached hydrogens (tertiary/aromatic N) is 3. The molecule has 2 N–H and O–H groups in total. The molecule has 0 unspecified atom stereocenters. The number of methoxy groups -OCH3 is 2. The second kappa shape index (κ2) is 9.24. The number of hydrogen-bond acceptors (Lipinski definition) is 7. The van der Waals surface area contributed by atoms with Crippen LogP contribution in [0.2, 0.25) is 0 Å². The fourth-order valence-electron chi connectivity index (χ4n) is 2.72. The van der Waals surface area contributed by atoms with E-state index in [1.165, 1.54) is 6.33 Å². The van der Waals surface area contributed by atoms with Crippen molar-refractivity contribution in [3.63, 3.8) is 0 Å². The van der Waals surface area contributed by atoms with Crippen LogP contribution in [0.15, 0.2) is 54.9 Å². The molecule has 0 radical (unpaired) electrons. The standard InChI is InChI=1S/C21H21N5O2/c1-27-18-8-7-15(11-19(18)28-2)9-10-23-20-12-21(25-14-24-20)26-17-6-4-3-5-16(17)13-22/h3-8,11-12,14H,9-10H2,1-2H3,(H2,23,24,25,26). The van der Waals surface area contributed by atoms with E-state index in [1.54, 1.807) is 20.3 Å². The first kappa shape index (κ1) is 19.0. The Morgan fingerprint density at radius 1 is 0.964 bits per heavy atom. The normalized spacial score (nSPS) is 10.0. The average Bonchev–Trinajstić information content (AvgIpc) is 2.74. The Morgan fingerprint density at radius 3 is 2.54 bits per heavy atom. The van der Waals surface area contributed by atoms with Gasteiger partial charge in [0, 0.05) is 12.6 Å². The Kier molecular flexibility index (Phi) is 6.26. The van der Waals surface area contributed by atoms with Crippen LogP contribution >= 0.6 is 0 Å². The van der Waals surface area contributed by atoms with Gasteiger partial charge < -0.3 is 20.1 Å². The highest BCUT2D eigenvalue weighted by atomic mass is 16.5. The highest BCUT2D eigenvalue weighted by Gasteiger charge is 2.06. The summed E-state index contributed by atoms with van der Waals surface area (Å²) in [5.74, 6) is 2.74.